The number of carbonyl (C=O) groups excluding carboxylic acids is 1. The van der Waals surface area contributed by atoms with E-state index in [1.807, 2.05) is 13.8 Å². The van der Waals surface area contributed by atoms with Crippen LogP contribution in [0.4, 0.5) is 0 Å². The lowest BCUT2D eigenvalue weighted by Crippen LogP contribution is -2.31. The second kappa shape index (κ2) is 7.10. The summed E-state index contributed by atoms with van der Waals surface area (Å²) >= 11 is 5.97. The van der Waals surface area contributed by atoms with Crippen molar-refractivity contribution < 1.29 is 4.79 Å². The normalized spacial score (nSPS) is 10.3. The zero-order chi connectivity index (χ0) is 14.4. The number of halogens is 1. The molecular weight excluding hydrogens is 260 g/mol. The topological polar surface area (TPSA) is 33.2 Å². The smallest absolute Gasteiger partial charge is 0.254 e. The minimum absolute atomic E-state index is 0.0917. The van der Waals surface area contributed by atoms with Crippen molar-refractivity contribution in [3.05, 3.63) is 53.9 Å². The lowest BCUT2D eigenvalue weighted by molar-refractivity contribution is 0.0790. The first-order chi connectivity index (χ1) is 8.99. The molecule has 0 aliphatic carbocycles. The van der Waals surface area contributed by atoms with Crippen LogP contribution in [0.1, 0.15) is 35.8 Å². The van der Waals surface area contributed by atoms with E-state index < -0.39 is 0 Å². The molecule has 0 spiro atoms. The van der Waals surface area contributed by atoms with Gasteiger partial charge in [0.25, 0.3) is 5.91 Å². The molecule has 3 nitrogen and oxygen atoms in total. The molecule has 0 saturated heterocycles. The lowest BCUT2D eigenvalue weighted by Gasteiger charge is -2.20. The molecule has 1 aromatic rings. The van der Waals surface area contributed by atoms with Gasteiger partial charge in [-0.1, -0.05) is 37.6 Å². The molecule has 1 aromatic heterocycles. The average molecular weight is 279 g/mol. The quantitative estimate of drug-likeness (QED) is 0.587. The fourth-order valence-electron chi connectivity index (χ4n) is 1.67. The number of aromatic nitrogens is 1. The van der Waals surface area contributed by atoms with Crippen LogP contribution in [-0.4, -0.2) is 28.9 Å². The Bertz CT molecular complexity index is 473. The molecule has 0 N–H and O–H groups in total. The van der Waals surface area contributed by atoms with Crippen molar-refractivity contribution in [1.29, 1.82) is 0 Å². The molecule has 0 radical (unpaired) electrons. The fourth-order valence-corrected chi connectivity index (χ4v) is 1.89. The Morgan fingerprint density at radius 3 is 2.42 bits per heavy atom. The highest BCUT2D eigenvalue weighted by atomic mass is 35.5. The molecular formula is C15H19ClN2O. The van der Waals surface area contributed by atoms with Crippen LogP contribution in [0.2, 0.25) is 5.15 Å². The van der Waals surface area contributed by atoms with Crippen LogP contribution in [0.3, 0.4) is 0 Å². The van der Waals surface area contributed by atoms with Crippen molar-refractivity contribution in [1.82, 2.24) is 9.88 Å². The molecule has 0 aliphatic heterocycles. The predicted molar refractivity (Wildman–Crippen MR) is 79.6 cm³/mol. The highest BCUT2D eigenvalue weighted by Gasteiger charge is 2.16. The van der Waals surface area contributed by atoms with Crippen molar-refractivity contribution in [2.24, 2.45) is 0 Å². The molecule has 1 rings (SSSR count). The average Bonchev–Trinajstić information content (AvgIpc) is 2.37. The number of hydrogen-bond donors (Lipinski definition) is 0. The lowest BCUT2D eigenvalue weighted by atomic mass is 10.1. The SMILES string of the molecule is C=CCN(CC=C)C(=O)c1cc(Cl)nc(C(C)C)c1. The van der Waals surface area contributed by atoms with E-state index in [1.165, 1.54) is 0 Å². The Labute approximate surface area is 119 Å². The van der Waals surface area contributed by atoms with Gasteiger partial charge in [0.1, 0.15) is 5.15 Å². The summed E-state index contributed by atoms with van der Waals surface area (Å²) in [5.41, 5.74) is 1.36. The molecule has 19 heavy (non-hydrogen) atoms. The summed E-state index contributed by atoms with van der Waals surface area (Å²) in [5, 5.41) is 0.340. The maximum Gasteiger partial charge on any atom is 0.254 e. The van der Waals surface area contributed by atoms with E-state index in [2.05, 4.69) is 18.1 Å². The van der Waals surface area contributed by atoms with E-state index in [4.69, 9.17) is 11.6 Å². The zero-order valence-electron chi connectivity index (χ0n) is 11.4. The Hall–Kier alpha value is -1.61. The fraction of sp³-hybridized carbons (Fsp3) is 0.333. The second-order valence-corrected chi connectivity index (χ2v) is 4.93. The van der Waals surface area contributed by atoms with Gasteiger partial charge in [-0.3, -0.25) is 4.79 Å². The molecule has 1 amide bonds. The summed E-state index contributed by atoms with van der Waals surface area (Å²) in [5.74, 6) is 0.128. The number of rotatable bonds is 6. The largest absolute Gasteiger partial charge is 0.331 e. The van der Waals surface area contributed by atoms with Gasteiger partial charge in [-0.05, 0) is 18.1 Å². The summed E-state index contributed by atoms with van der Waals surface area (Å²) in [7, 11) is 0. The summed E-state index contributed by atoms with van der Waals surface area (Å²) < 4.78 is 0. The maximum absolute atomic E-state index is 12.4. The van der Waals surface area contributed by atoms with Gasteiger partial charge in [0.05, 0.1) is 0 Å². The molecule has 0 unspecified atom stereocenters. The van der Waals surface area contributed by atoms with E-state index in [0.717, 1.165) is 5.69 Å². The van der Waals surface area contributed by atoms with E-state index >= 15 is 0 Å². The third-order valence-electron chi connectivity index (χ3n) is 2.64. The maximum atomic E-state index is 12.4. The van der Waals surface area contributed by atoms with E-state index in [1.54, 1.807) is 29.2 Å². The molecule has 4 heteroatoms. The standard InChI is InChI=1S/C15H19ClN2O/c1-5-7-18(8-6-2)15(19)12-9-13(11(3)4)17-14(16)10-12/h5-6,9-11H,1-2,7-8H2,3-4H3. The Morgan fingerprint density at radius 1 is 1.37 bits per heavy atom. The first-order valence-electron chi connectivity index (χ1n) is 6.18. The third-order valence-corrected chi connectivity index (χ3v) is 2.83. The van der Waals surface area contributed by atoms with Crippen LogP contribution in [0.5, 0.6) is 0 Å². The Balaban J connectivity index is 3.09. The van der Waals surface area contributed by atoms with Gasteiger partial charge in [-0.15, -0.1) is 13.2 Å². The zero-order valence-corrected chi connectivity index (χ0v) is 12.2. The minimum Gasteiger partial charge on any atom is -0.331 e. The summed E-state index contributed by atoms with van der Waals surface area (Å²) in [4.78, 5) is 18.3. The van der Waals surface area contributed by atoms with Crippen LogP contribution >= 0.6 is 11.6 Å². The molecule has 0 fully saturated rings. The Morgan fingerprint density at radius 2 is 1.95 bits per heavy atom. The van der Waals surface area contributed by atoms with Crippen molar-refractivity contribution >= 4 is 17.5 Å². The van der Waals surface area contributed by atoms with Crippen molar-refractivity contribution in [2.45, 2.75) is 19.8 Å². The third kappa shape index (κ3) is 4.21. The van der Waals surface area contributed by atoms with Gasteiger partial charge < -0.3 is 4.90 Å². The molecule has 0 aliphatic rings. The van der Waals surface area contributed by atoms with Crippen molar-refractivity contribution in [3.63, 3.8) is 0 Å². The summed E-state index contributed by atoms with van der Waals surface area (Å²) in [6.07, 6.45) is 3.38. The van der Waals surface area contributed by atoms with Crippen LogP contribution < -0.4 is 0 Å². The molecule has 0 saturated carbocycles. The number of amides is 1. The van der Waals surface area contributed by atoms with Gasteiger partial charge in [-0.2, -0.15) is 0 Å². The highest BCUT2D eigenvalue weighted by molar-refractivity contribution is 6.29. The highest BCUT2D eigenvalue weighted by Crippen LogP contribution is 2.19. The van der Waals surface area contributed by atoms with E-state index in [0.29, 0.717) is 23.8 Å². The van der Waals surface area contributed by atoms with Crippen molar-refractivity contribution in [3.8, 4) is 0 Å². The number of nitrogens with zero attached hydrogens (tertiary/aromatic N) is 2. The van der Waals surface area contributed by atoms with Crippen LogP contribution in [0.25, 0.3) is 0 Å². The van der Waals surface area contributed by atoms with Gasteiger partial charge in [0.15, 0.2) is 0 Å². The number of pyridine rings is 1. The van der Waals surface area contributed by atoms with Crippen LogP contribution in [0, 0.1) is 0 Å². The van der Waals surface area contributed by atoms with Crippen LogP contribution in [-0.2, 0) is 0 Å². The number of hydrogen-bond acceptors (Lipinski definition) is 2. The Kier molecular flexibility index (Phi) is 5.77. The van der Waals surface area contributed by atoms with Crippen molar-refractivity contribution in [2.75, 3.05) is 13.1 Å². The molecule has 102 valence electrons. The van der Waals surface area contributed by atoms with Crippen LogP contribution in [0.15, 0.2) is 37.4 Å². The van der Waals surface area contributed by atoms with E-state index in [-0.39, 0.29) is 11.8 Å². The molecule has 0 aromatic carbocycles. The monoisotopic (exact) mass is 278 g/mol. The van der Waals surface area contributed by atoms with Gasteiger partial charge in [-0.25, -0.2) is 4.98 Å². The molecule has 0 atom stereocenters. The van der Waals surface area contributed by atoms with Gasteiger partial charge in [0.2, 0.25) is 0 Å². The minimum atomic E-state index is -0.0917. The summed E-state index contributed by atoms with van der Waals surface area (Å²) in [6.45, 7) is 12.3. The predicted octanol–water partition coefficient (Wildman–Crippen LogP) is 3.67. The van der Waals surface area contributed by atoms with E-state index in [9.17, 15) is 4.79 Å². The molecule has 0 bridgehead atoms. The number of carbonyl (C=O) groups is 1. The first-order valence-corrected chi connectivity index (χ1v) is 6.56. The summed E-state index contributed by atoms with van der Waals surface area (Å²) in [6, 6.07) is 3.38. The van der Waals surface area contributed by atoms with Gasteiger partial charge >= 0.3 is 0 Å². The molecule has 1 heterocycles. The first kappa shape index (κ1) is 15.4. The second-order valence-electron chi connectivity index (χ2n) is 4.55. The van der Waals surface area contributed by atoms with Gasteiger partial charge in [0, 0.05) is 24.3 Å².